The van der Waals surface area contributed by atoms with Gasteiger partial charge < -0.3 is 10.7 Å². The highest BCUT2D eigenvalue weighted by Gasteiger charge is 2.16. The van der Waals surface area contributed by atoms with Gasteiger partial charge in [-0.1, -0.05) is 81.4 Å². The maximum atomic E-state index is 5.78. The summed E-state index contributed by atoms with van der Waals surface area (Å²) in [6, 6.07) is 26.4. The van der Waals surface area contributed by atoms with Crippen molar-refractivity contribution >= 4 is 10.9 Å². The third kappa shape index (κ3) is 4.20. The molecule has 0 amide bonds. The first-order chi connectivity index (χ1) is 14.5. The highest BCUT2D eigenvalue weighted by molar-refractivity contribution is 5.93. The van der Waals surface area contributed by atoms with E-state index < -0.39 is 0 Å². The SMILES string of the molecule is CC(C)(C)c1ccc(-c2[nH]c3ccc(-c4ccccc4)cc3c2CCCCN)cc1. The quantitative estimate of drug-likeness (QED) is 0.336. The van der Waals surface area contributed by atoms with Crippen molar-refractivity contribution in [2.24, 2.45) is 5.73 Å². The lowest BCUT2D eigenvalue weighted by atomic mass is 9.86. The van der Waals surface area contributed by atoms with Gasteiger partial charge in [-0.05, 0) is 71.2 Å². The molecule has 0 spiro atoms. The molecule has 0 aliphatic rings. The lowest BCUT2D eigenvalue weighted by Crippen LogP contribution is -2.10. The average Bonchev–Trinajstić information content (AvgIpc) is 3.12. The first-order valence-electron chi connectivity index (χ1n) is 11.0. The van der Waals surface area contributed by atoms with Crippen LogP contribution in [-0.2, 0) is 11.8 Å². The Kier molecular flexibility index (Phi) is 5.78. The molecule has 3 N–H and O–H groups in total. The van der Waals surface area contributed by atoms with Crippen molar-refractivity contribution in [3.63, 3.8) is 0 Å². The van der Waals surface area contributed by atoms with Crippen LogP contribution in [0.4, 0.5) is 0 Å². The molecule has 0 saturated heterocycles. The number of fused-ring (bicyclic) bond motifs is 1. The van der Waals surface area contributed by atoms with Crippen LogP contribution in [0, 0.1) is 0 Å². The Hall–Kier alpha value is -2.84. The predicted octanol–water partition coefficient (Wildman–Crippen LogP) is 7.08. The Bertz CT molecular complexity index is 1110. The lowest BCUT2D eigenvalue weighted by Gasteiger charge is -2.19. The second-order valence-corrected chi connectivity index (χ2v) is 9.18. The zero-order valence-corrected chi connectivity index (χ0v) is 18.3. The van der Waals surface area contributed by atoms with Crippen LogP contribution in [0.5, 0.6) is 0 Å². The second-order valence-electron chi connectivity index (χ2n) is 9.18. The number of aromatic amines is 1. The molecule has 3 aromatic carbocycles. The van der Waals surface area contributed by atoms with Gasteiger partial charge in [0.25, 0.3) is 0 Å². The molecule has 0 unspecified atom stereocenters. The van der Waals surface area contributed by atoms with Crippen molar-refractivity contribution in [3.05, 3.63) is 83.9 Å². The summed E-state index contributed by atoms with van der Waals surface area (Å²) in [5, 5.41) is 1.32. The standard InChI is InChI=1S/C28H32N2/c1-28(2,3)23-15-12-21(13-16-23)27-24(11-7-8-18-29)25-19-22(14-17-26(25)30-27)20-9-5-4-6-10-20/h4-6,9-10,12-17,19,30H,7-8,11,18,29H2,1-3H3. The third-order valence-electron chi connectivity index (χ3n) is 5.93. The van der Waals surface area contributed by atoms with Crippen molar-refractivity contribution in [2.45, 2.75) is 45.4 Å². The van der Waals surface area contributed by atoms with Crippen molar-refractivity contribution in [1.82, 2.24) is 4.98 Å². The topological polar surface area (TPSA) is 41.8 Å². The highest BCUT2D eigenvalue weighted by Crippen LogP contribution is 2.35. The Balaban J connectivity index is 1.81. The number of nitrogens with one attached hydrogen (secondary N) is 1. The van der Waals surface area contributed by atoms with Crippen LogP contribution in [0.2, 0.25) is 0 Å². The molecule has 4 aromatic rings. The van der Waals surface area contributed by atoms with Crippen molar-refractivity contribution in [3.8, 4) is 22.4 Å². The van der Waals surface area contributed by atoms with Crippen LogP contribution in [0.15, 0.2) is 72.8 Å². The maximum Gasteiger partial charge on any atom is 0.0497 e. The zero-order valence-electron chi connectivity index (χ0n) is 18.3. The minimum atomic E-state index is 0.160. The molecule has 2 heteroatoms. The first kappa shape index (κ1) is 20.4. The lowest BCUT2D eigenvalue weighted by molar-refractivity contribution is 0.590. The van der Waals surface area contributed by atoms with E-state index in [0.29, 0.717) is 0 Å². The number of benzene rings is 3. The molecule has 2 nitrogen and oxygen atoms in total. The molecule has 0 bridgehead atoms. The summed E-state index contributed by atoms with van der Waals surface area (Å²) in [7, 11) is 0. The van der Waals surface area contributed by atoms with E-state index in [2.05, 4.69) is 98.6 Å². The molecule has 0 aliphatic carbocycles. The Labute approximate surface area is 180 Å². The Morgan fingerprint density at radius 2 is 1.47 bits per heavy atom. The Morgan fingerprint density at radius 1 is 0.767 bits per heavy atom. The van der Waals surface area contributed by atoms with E-state index in [-0.39, 0.29) is 5.41 Å². The fourth-order valence-corrected chi connectivity index (χ4v) is 4.15. The van der Waals surface area contributed by atoms with E-state index in [9.17, 15) is 0 Å². The van der Waals surface area contributed by atoms with Gasteiger partial charge in [-0.2, -0.15) is 0 Å². The van der Waals surface area contributed by atoms with Crippen LogP contribution >= 0.6 is 0 Å². The molecule has 0 aliphatic heterocycles. The summed E-state index contributed by atoms with van der Waals surface area (Å²) in [5.41, 5.74) is 14.9. The summed E-state index contributed by atoms with van der Waals surface area (Å²) in [6.07, 6.45) is 3.19. The van der Waals surface area contributed by atoms with Crippen LogP contribution in [0.1, 0.15) is 44.7 Å². The summed E-state index contributed by atoms with van der Waals surface area (Å²) in [5.74, 6) is 0. The summed E-state index contributed by atoms with van der Waals surface area (Å²) in [4.78, 5) is 3.71. The fourth-order valence-electron chi connectivity index (χ4n) is 4.15. The Morgan fingerprint density at radius 3 is 2.13 bits per heavy atom. The van der Waals surface area contributed by atoms with Crippen molar-refractivity contribution < 1.29 is 0 Å². The van der Waals surface area contributed by atoms with Crippen molar-refractivity contribution in [2.75, 3.05) is 6.54 Å². The average molecular weight is 397 g/mol. The molecule has 1 aromatic heterocycles. The number of rotatable bonds is 6. The molecule has 4 rings (SSSR count). The van der Waals surface area contributed by atoms with Crippen LogP contribution in [0.25, 0.3) is 33.3 Å². The van der Waals surface area contributed by atoms with Gasteiger partial charge in [0.15, 0.2) is 0 Å². The van der Waals surface area contributed by atoms with Gasteiger partial charge in [0, 0.05) is 16.6 Å². The molecule has 1 heterocycles. The molecular formula is C28H32N2. The summed E-state index contributed by atoms with van der Waals surface area (Å²) >= 11 is 0. The van der Waals surface area contributed by atoms with E-state index in [1.807, 2.05) is 0 Å². The third-order valence-corrected chi connectivity index (χ3v) is 5.93. The van der Waals surface area contributed by atoms with Crippen LogP contribution in [-0.4, -0.2) is 11.5 Å². The van der Waals surface area contributed by atoms with Crippen LogP contribution in [0.3, 0.4) is 0 Å². The number of nitrogens with two attached hydrogens (primary N) is 1. The number of hydrogen-bond donors (Lipinski definition) is 2. The van der Waals surface area contributed by atoms with Gasteiger partial charge in [0.1, 0.15) is 0 Å². The van der Waals surface area contributed by atoms with Gasteiger partial charge in [-0.15, -0.1) is 0 Å². The van der Waals surface area contributed by atoms with Gasteiger partial charge in [0.05, 0.1) is 0 Å². The number of aromatic nitrogens is 1. The van der Waals surface area contributed by atoms with E-state index >= 15 is 0 Å². The zero-order chi connectivity index (χ0) is 21.1. The predicted molar refractivity (Wildman–Crippen MR) is 130 cm³/mol. The number of hydrogen-bond acceptors (Lipinski definition) is 1. The molecular weight excluding hydrogens is 364 g/mol. The molecule has 30 heavy (non-hydrogen) atoms. The van der Waals surface area contributed by atoms with Gasteiger partial charge in [-0.3, -0.25) is 0 Å². The molecule has 0 fully saturated rings. The summed E-state index contributed by atoms with van der Waals surface area (Å²) in [6.45, 7) is 7.52. The second kappa shape index (κ2) is 8.49. The summed E-state index contributed by atoms with van der Waals surface area (Å²) < 4.78 is 0. The number of H-pyrrole nitrogens is 1. The first-order valence-corrected chi connectivity index (χ1v) is 11.0. The maximum absolute atomic E-state index is 5.78. The molecule has 154 valence electrons. The van der Waals surface area contributed by atoms with Crippen LogP contribution < -0.4 is 5.73 Å². The molecule has 0 saturated carbocycles. The van der Waals surface area contributed by atoms with Gasteiger partial charge in [-0.25, -0.2) is 0 Å². The fraction of sp³-hybridized carbons (Fsp3) is 0.286. The minimum Gasteiger partial charge on any atom is -0.354 e. The monoisotopic (exact) mass is 396 g/mol. The molecule has 0 atom stereocenters. The molecule has 0 radical (unpaired) electrons. The van der Waals surface area contributed by atoms with E-state index in [4.69, 9.17) is 5.73 Å². The van der Waals surface area contributed by atoms with E-state index in [1.165, 1.54) is 44.4 Å². The van der Waals surface area contributed by atoms with E-state index in [1.54, 1.807) is 0 Å². The largest absolute Gasteiger partial charge is 0.354 e. The number of aryl methyl sites for hydroxylation is 1. The normalized spacial score (nSPS) is 11.9. The van der Waals surface area contributed by atoms with Gasteiger partial charge in [0.2, 0.25) is 0 Å². The van der Waals surface area contributed by atoms with Crippen molar-refractivity contribution in [1.29, 1.82) is 0 Å². The number of unbranched alkanes of at least 4 members (excludes halogenated alkanes) is 1. The van der Waals surface area contributed by atoms with E-state index in [0.717, 1.165) is 25.8 Å². The minimum absolute atomic E-state index is 0.160. The highest BCUT2D eigenvalue weighted by atomic mass is 14.7. The van der Waals surface area contributed by atoms with Gasteiger partial charge >= 0.3 is 0 Å². The smallest absolute Gasteiger partial charge is 0.0497 e.